The van der Waals surface area contributed by atoms with Crippen molar-refractivity contribution in [2.75, 3.05) is 6.61 Å². The second-order valence-corrected chi connectivity index (χ2v) is 5.60. The van der Waals surface area contributed by atoms with Crippen LogP contribution in [0.25, 0.3) is 0 Å². The largest absolute Gasteiger partial charge is 0.493 e. The van der Waals surface area contributed by atoms with E-state index in [4.69, 9.17) is 10.5 Å². The molecule has 0 heterocycles. The minimum Gasteiger partial charge on any atom is -0.493 e. The molecule has 110 valence electrons. The van der Waals surface area contributed by atoms with Gasteiger partial charge in [-0.3, -0.25) is 4.79 Å². The fourth-order valence-corrected chi connectivity index (χ4v) is 2.03. The molecular formula is C18H21NO2. The number of rotatable bonds is 6. The monoisotopic (exact) mass is 283 g/mol. The van der Waals surface area contributed by atoms with Crippen molar-refractivity contribution in [3.05, 3.63) is 65.7 Å². The van der Waals surface area contributed by atoms with Crippen LogP contribution in [0.4, 0.5) is 0 Å². The lowest BCUT2D eigenvalue weighted by Crippen LogP contribution is -2.35. The van der Waals surface area contributed by atoms with Crippen LogP contribution in [0.5, 0.6) is 5.75 Å². The summed E-state index contributed by atoms with van der Waals surface area (Å²) in [6.07, 6.45) is 0.826. The number of primary amides is 1. The Bertz CT molecular complexity index is 588. The molecule has 1 amide bonds. The number of carbonyl (C=O) groups is 1. The molecule has 0 aliphatic carbocycles. The summed E-state index contributed by atoms with van der Waals surface area (Å²) in [5.74, 6) is 0.562. The van der Waals surface area contributed by atoms with Crippen LogP contribution < -0.4 is 10.5 Å². The van der Waals surface area contributed by atoms with Gasteiger partial charge in [0.15, 0.2) is 0 Å². The molecule has 0 fully saturated rings. The molecule has 0 atom stereocenters. The van der Waals surface area contributed by atoms with Crippen molar-refractivity contribution < 1.29 is 9.53 Å². The lowest BCUT2D eigenvalue weighted by molar-refractivity contribution is -0.122. The first kappa shape index (κ1) is 15.1. The van der Waals surface area contributed by atoms with Crippen LogP contribution in [0.15, 0.2) is 54.6 Å². The van der Waals surface area contributed by atoms with Gasteiger partial charge in [-0.25, -0.2) is 0 Å². The summed E-state index contributed by atoms with van der Waals surface area (Å²) < 4.78 is 5.67. The summed E-state index contributed by atoms with van der Waals surface area (Å²) >= 11 is 0. The third kappa shape index (κ3) is 3.85. The van der Waals surface area contributed by atoms with Gasteiger partial charge in [0.2, 0.25) is 5.91 Å². The molecule has 0 unspecified atom stereocenters. The van der Waals surface area contributed by atoms with Crippen molar-refractivity contribution in [3.63, 3.8) is 0 Å². The average Bonchev–Trinajstić information content (AvgIpc) is 2.49. The van der Waals surface area contributed by atoms with E-state index in [9.17, 15) is 4.79 Å². The molecule has 2 aromatic carbocycles. The molecule has 2 aromatic rings. The third-order valence-corrected chi connectivity index (χ3v) is 3.69. The zero-order valence-corrected chi connectivity index (χ0v) is 12.5. The molecule has 0 aromatic heterocycles. The Balaban J connectivity index is 1.92. The van der Waals surface area contributed by atoms with E-state index in [0.29, 0.717) is 6.61 Å². The Morgan fingerprint density at radius 2 is 1.67 bits per heavy atom. The second-order valence-electron chi connectivity index (χ2n) is 5.60. The van der Waals surface area contributed by atoms with Gasteiger partial charge in [-0.15, -0.1) is 0 Å². The van der Waals surface area contributed by atoms with E-state index in [0.717, 1.165) is 17.7 Å². The Hall–Kier alpha value is -2.29. The second kappa shape index (κ2) is 6.44. The summed E-state index contributed by atoms with van der Waals surface area (Å²) in [6.45, 7) is 4.30. The number of hydrogen-bond acceptors (Lipinski definition) is 2. The van der Waals surface area contributed by atoms with Crippen molar-refractivity contribution in [2.24, 2.45) is 5.73 Å². The lowest BCUT2D eigenvalue weighted by atomic mass is 9.83. The van der Waals surface area contributed by atoms with Gasteiger partial charge >= 0.3 is 0 Å². The van der Waals surface area contributed by atoms with Crippen LogP contribution in [-0.4, -0.2) is 12.5 Å². The van der Waals surface area contributed by atoms with E-state index < -0.39 is 5.41 Å². The summed E-state index contributed by atoms with van der Waals surface area (Å²) in [6, 6.07) is 17.7. The van der Waals surface area contributed by atoms with Crippen LogP contribution in [-0.2, 0) is 16.6 Å². The first-order valence-corrected chi connectivity index (χ1v) is 7.07. The quantitative estimate of drug-likeness (QED) is 0.885. The third-order valence-electron chi connectivity index (χ3n) is 3.69. The standard InChI is InChI=1S/C18H21NO2/c1-18(2,17(19)20)15-10-8-14(9-11-15)12-13-21-16-6-4-3-5-7-16/h3-11H,12-13H2,1-2H3,(H2,19,20). The summed E-state index contributed by atoms with van der Waals surface area (Å²) in [5, 5.41) is 0. The normalized spacial score (nSPS) is 11.1. The maximum Gasteiger partial charge on any atom is 0.227 e. The highest BCUT2D eigenvalue weighted by Crippen LogP contribution is 2.23. The van der Waals surface area contributed by atoms with Gasteiger partial charge in [0.1, 0.15) is 5.75 Å². The number of para-hydroxylation sites is 1. The van der Waals surface area contributed by atoms with Gasteiger partial charge in [0.25, 0.3) is 0 Å². The Kier molecular flexibility index (Phi) is 4.63. The maximum atomic E-state index is 11.4. The SMILES string of the molecule is CC(C)(C(N)=O)c1ccc(CCOc2ccccc2)cc1. The zero-order valence-electron chi connectivity index (χ0n) is 12.5. The highest BCUT2D eigenvalue weighted by atomic mass is 16.5. The van der Waals surface area contributed by atoms with E-state index in [1.807, 2.05) is 68.4 Å². The summed E-state index contributed by atoms with van der Waals surface area (Å²) in [4.78, 5) is 11.4. The molecule has 2 rings (SSSR count). The van der Waals surface area contributed by atoms with Crippen LogP contribution >= 0.6 is 0 Å². The van der Waals surface area contributed by atoms with Crippen molar-refractivity contribution >= 4 is 5.91 Å². The number of carbonyl (C=O) groups excluding carboxylic acids is 1. The van der Waals surface area contributed by atoms with E-state index in [-0.39, 0.29) is 5.91 Å². The molecule has 2 N–H and O–H groups in total. The number of ether oxygens (including phenoxy) is 1. The van der Waals surface area contributed by atoms with Gasteiger partial charge in [-0.2, -0.15) is 0 Å². The molecule has 0 aliphatic heterocycles. The molecule has 0 spiro atoms. The number of hydrogen-bond donors (Lipinski definition) is 1. The van der Waals surface area contributed by atoms with Gasteiger partial charge in [0, 0.05) is 6.42 Å². The van der Waals surface area contributed by atoms with Crippen LogP contribution in [0.2, 0.25) is 0 Å². The van der Waals surface area contributed by atoms with Crippen LogP contribution in [0, 0.1) is 0 Å². The highest BCUT2D eigenvalue weighted by Gasteiger charge is 2.26. The van der Waals surface area contributed by atoms with Gasteiger partial charge < -0.3 is 10.5 Å². The fraction of sp³-hybridized carbons (Fsp3) is 0.278. The summed E-state index contributed by atoms with van der Waals surface area (Å²) in [7, 11) is 0. The highest BCUT2D eigenvalue weighted by molar-refractivity contribution is 5.85. The zero-order chi connectivity index (χ0) is 15.3. The Morgan fingerprint density at radius 3 is 2.24 bits per heavy atom. The lowest BCUT2D eigenvalue weighted by Gasteiger charge is -2.21. The maximum absolute atomic E-state index is 11.4. The first-order valence-electron chi connectivity index (χ1n) is 7.07. The molecular weight excluding hydrogens is 262 g/mol. The number of amides is 1. The molecule has 0 saturated carbocycles. The average molecular weight is 283 g/mol. The summed E-state index contributed by atoms with van der Waals surface area (Å²) in [5.41, 5.74) is 6.90. The number of nitrogens with two attached hydrogens (primary N) is 1. The molecule has 21 heavy (non-hydrogen) atoms. The van der Waals surface area contributed by atoms with E-state index in [1.165, 1.54) is 5.56 Å². The Morgan fingerprint density at radius 1 is 1.05 bits per heavy atom. The van der Waals surface area contributed by atoms with Gasteiger partial charge in [0.05, 0.1) is 12.0 Å². The van der Waals surface area contributed by atoms with Crippen LogP contribution in [0.1, 0.15) is 25.0 Å². The smallest absolute Gasteiger partial charge is 0.227 e. The predicted octanol–water partition coefficient (Wildman–Crippen LogP) is 3.07. The molecule has 0 radical (unpaired) electrons. The van der Waals surface area contributed by atoms with Crippen molar-refractivity contribution in [1.82, 2.24) is 0 Å². The number of benzene rings is 2. The molecule has 0 bridgehead atoms. The first-order chi connectivity index (χ1) is 10.00. The fourth-order valence-electron chi connectivity index (χ4n) is 2.03. The molecule has 0 aliphatic rings. The van der Waals surface area contributed by atoms with E-state index >= 15 is 0 Å². The topological polar surface area (TPSA) is 52.3 Å². The minimum atomic E-state index is -0.640. The van der Waals surface area contributed by atoms with Crippen molar-refractivity contribution in [3.8, 4) is 5.75 Å². The van der Waals surface area contributed by atoms with Gasteiger partial charge in [-0.05, 0) is 37.1 Å². The molecule has 3 heteroatoms. The van der Waals surface area contributed by atoms with Gasteiger partial charge in [-0.1, -0.05) is 42.5 Å². The molecule has 3 nitrogen and oxygen atoms in total. The van der Waals surface area contributed by atoms with E-state index in [1.54, 1.807) is 0 Å². The molecule has 0 saturated heterocycles. The Labute approximate surface area is 125 Å². The van der Waals surface area contributed by atoms with Crippen molar-refractivity contribution in [1.29, 1.82) is 0 Å². The van der Waals surface area contributed by atoms with E-state index in [2.05, 4.69) is 0 Å². The predicted molar refractivity (Wildman–Crippen MR) is 84.3 cm³/mol. The van der Waals surface area contributed by atoms with Crippen LogP contribution in [0.3, 0.4) is 0 Å². The minimum absolute atomic E-state index is 0.317. The van der Waals surface area contributed by atoms with Crippen molar-refractivity contribution in [2.45, 2.75) is 25.7 Å².